The molecule has 1 fully saturated rings. The van der Waals surface area contributed by atoms with Crippen molar-refractivity contribution in [3.63, 3.8) is 0 Å². The molecule has 0 aliphatic carbocycles. The Morgan fingerprint density at radius 1 is 1.12 bits per heavy atom. The van der Waals surface area contributed by atoms with E-state index >= 15 is 0 Å². The number of urea groups is 1. The maximum Gasteiger partial charge on any atom is 0.322 e. The van der Waals surface area contributed by atoms with Gasteiger partial charge in [0, 0.05) is 17.9 Å². The molecule has 7 nitrogen and oxygen atoms in total. The van der Waals surface area contributed by atoms with E-state index in [2.05, 4.69) is 29.5 Å². The van der Waals surface area contributed by atoms with Crippen molar-refractivity contribution in [1.82, 2.24) is 20.4 Å². The quantitative estimate of drug-likeness (QED) is 0.580. The lowest BCUT2D eigenvalue weighted by atomic mass is 9.94. The van der Waals surface area contributed by atoms with Crippen molar-refractivity contribution < 1.29 is 14.1 Å². The summed E-state index contributed by atoms with van der Waals surface area (Å²) >= 11 is 0. The minimum Gasteiger partial charge on any atom is -0.376 e. The van der Waals surface area contributed by atoms with Gasteiger partial charge >= 0.3 is 6.03 Å². The zero-order valence-electron chi connectivity index (χ0n) is 19.0. The highest BCUT2D eigenvalue weighted by atomic mass is 16.5. The van der Waals surface area contributed by atoms with Gasteiger partial charge in [-0.15, -0.1) is 0 Å². The maximum atomic E-state index is 13.1. The normalized spacial score (nSPS) is 20.9. The van der Waals surface area contributed by atoms with Crippen molar-refractivity contribution in [3.8, 4) is 11.4 Å². The standard InChI is InChI=1S/C26H28N4O3/c1-3-18-11-13-20(14-12-18)24-28-25(33-29-24)22-17(2)30(16-21-10-7-15-32-21)26(31)27-23(22)19-8-5-4-6-9-19/h4-6,8-9,11-14,21,23H,3,7,10,15-16H2,1-2H3,(H,27,31). The predicted molar refractivity (Wildman–Crippen MR) is 125 cm³/mol. The van der Waals surface area contributed by atoms with Gasteiger partial charge in [-0.25, -0.2) is 4.79 Å². The number of carbonyl (C=O) groups is 1. The molecule has 3 heterocycles. The van der Waals surface area contributed by atoms with E-state index in [0.717, 1.165) is 48.3 Å². The first kappa shape index (κ1) is 21.4. The van der Waals surface area contributed by atoms with E-state index in [9.17, 15) is 4.79 Å². The average Bonchev–Trinajstić information content (AvgIpc) is 3.54. The van der Waals surface area contributed by atoms with Gasteiger partial charge in [0.1, 0.15) is 0 Å². The molecular weight excluding hydrogens is 416 g/mol. The fourth-order valence-electron chi connectivity index (χ4n) is 4.51. The van der Waals surface area contributed by atoms with E-state index in [1.54, 1.807) is 4.90 Å². The van der Waals surface area contributed by atoms with Crippen LogP contribution in [0.25, 0.3) is 17.0 Å². The summed E-state index contributed by atoms with van der Waals surface area (Å²) in [5.41, 5.74) is 4.73. The summed E-state index contributed by atoms with van der Waals surface area (Å²) < 4.78 is 11.6. The van der Waals surface area contributed by atoms with Crippen LogP contribution in [0.15, 0.2) is 64.8 Å². The summed E-state index contributed by atoms with van der Waals surface area (Å²) in [6.07, 6.45) is 2.98. The van der Waals surface area contributed by atoms with Gasteiger partial charge in [-0.05, 0) is 37.3 Å². The minimum absolute atomic E-state index is 0.0375. The minimum atomic E-state index is -0.379. The van der Waals surface area contributed by atoms with Crippen molar-refractivity contribution >= 4 is 11.6 Å². The van der Waals surface area contributed by atoms with Crippen LogP contribution in [-0.2, 0) is 11.2 Å². The molecule has 2 amide bonds. The Bertz CT molecular complexity index is 1150. The number of aryl methyl sites for hydroxylation is 1. The van der Waals surface area contributed by atoms with E-state index in [0.29, 0.717) is 18.3 Å². The Hall–Kier alpha value is -3.45. The number of hydrogen-bond donors (Lipinski definition) is 1. The first-order chi connectivity index (χ1) is 16.1. The van der Waals surface area contributed by atoms with Crippen molar-refractivity contribution in [2.75, 3.05) is 13.2 Å². The number of hydrogen-bond acceptors (Lipinski definition) is 5. The van der Waals surface area contributed by atoms with E-state index in [1.165, 1.54) is 5.56 Å². The number of carbonyl (C=O) groups excluding carboxylic acids is 1. The van der Waals surface area contributed by atoms with Gasteiger partial charge in [-0.3, -0.25) is 4.90 Å². The lowest BCUT2D eigenvalue weighted by Crippen LogP contribution is -2.48. The van der Waals surface area contributed by atoms with Crippen LogP contribution < -0.4 is 5.32 Å². The molecule has 1 aromatic heterocycles. The largest absolute Gasteiger partial charge is 0.376 e. The van der Waals surface area contributed by atoms with Crippen LogP contribution in [0, 0.1) is 0 Å². The molecule has 2 atom stereocenters. The third-order valence-corrected chi connectivity index (χ3v) is 6.42. The highest BCUT2D eigenvalue weighted by Gasteiger charge is 2.37. The number of ether oxygens (including phenoxy) is 1. The zero-order valence-corrected chi connectivity index (χ0v) is 19.0. The Labute approximate surface area is 193 Å². The van der Waals surface area contributed by atoms with Crippen molar-refractivity contribution in [3.05, 3.63) is 77.3 Å². The second-order valence-corrected chi connectivity index (χ2v) is 8.51. The van der Waals surface area contributed by atoms with Crippen molar-refractivity contribution in [2.45, 2.75) is 45.3 Å². The molecule has 3 aromatic rings. The first-order valence-corrected chi connectivity index (χ1v) is 11.5. The van der Waals surface area contributed by atoms with Gasteiger partial charge in [0.2, 0.25) is 5.82 Å². The SMILES string of the molecule is CCc1ccc(-c2noc(C3=C(C)N(CC4CCCO4)C(=O)NC3c3ccccc3)n2)cc1. The van der Waals surface area contributed by atoms with Crippen LogP contribution in [0.5, 0.6) is 0 Å². The molecule has 5 rings (SSSR count). The number of nitrogens with one attached hydrogen (secondary N) is 1. The molecule has 0 radical (unpaired) electrons. The van der Waals surface area contributed by atoms with E-state index in [1.807, 2.05) is 49.4 Å². The molecule has 1 N–H and O–H groups in total. The molecule has 7 heteroatoms. The molecule has 2 unspecified atom stereocenters. The number of rotatable bonds is 6. The Morgan fingerprint density at radius 2 is 1.91 bits per heavy atom. The van der Waals surface area contributed by atoms with Crippen LogP contribution >= 0.6 is 0 Å². The molecule has 0 saturated carbocycles. The first-order valence-electron chi connectivity index (χ1n) is 11.5. The van der Waals surface area contributed by atoms with Crippen LogP contribution in [0.4, 0.5) is 4.79 Å². The van der Waals surface area contributed by atoms with E-state index < -0.39 is 0 Å². The summed E-state index contributed by atoms with van der Waals surface area (Å²) in [6, 6.07) is 17.5. The number of amides is 2. The van der Waals surface area contributed by atoms with Crippen molar-refractivity contribution in [2.24, 2.45) is 0 Å². The third-order valence-electron chi connectivity index (χ3n) is 6.42. The molecule has 0 spiro atoms. The van der Waals surface area contributed by atoms with Gasteiger partial charge in [0.05, 0.1) is 24.3 Å². The van der Waals surface area contributed by atoms with Gasteiger partial charge < -0.3 is 14.6 Å². The van der Waals surface area contributed by atoms with Crippen LogP contribution in [0.3, 0.4) is 0 Å². The summed E-state index contributed by atoms with van der Waals surface area (Å²) in [5, 5.41) is 7.40. The molecule has 2 aromatic carbocycles. The van der Waals surface area contributed by atoms with Gasteiger partial charge in [-0.1, -0.05) is 66.7 Å². The topological polar surface area (TPSA) is 80.5 Å². The highest BCUT2D eigenvalue weighted by molar-refractivity contribution is 5.86. The smallest absolute Gasteiger partial charge is 0.322 e. The summed E-state index contributed by atoms with van der Waals surface area (Å²) in [6.45, 7) is 5.31. The van der Waals surface area contributed by atoms with Crippen LogP contribution in [0.2, 0.25) is 0 Å². The third kappa shape index (κ3) is 4.28. The lowest BCUT2D eigenvalue weighted by molar-refractivity contribution is 0.0877. The molecule has 1 saturated heterocycles. The summed E-state index contributed by atoms with van der Waals surface area (Å²) in [4.78, 5) is 19.6. The Morgan fingerprint density at radius 3 is 2.61 bits per heavy atom. The average molecular weight is 445 g/mol. The van der Waals surface area contributed by atoms with Gasteiger partial charge in [-0.2, -0.15) is 4.98 Å². The van der Waals surface area contributed by atoms with E-state index in [4.69, 9.17) is 14.2 Å². The summed E-state index contributed by atoms with van der Waals surface area (Å²) in [5.74, 6) is 0.940. The van der Waals surface area contributed by atoms with Crippen LogP contribution in [0.1, 0.15) is 49.7 Å². The second-order valence-electron chi connectivity index (χ2n) is 8.51. The van der Waals surface area contributed by atoms with Crippen LogP contribution in [-0.4, -0.2) is 40.3 Å². The van der Waals surface area contributed by atoms with Crippen molar-refractivity contribution in [1.29, 1.82) is 0 Å². The highest BCUT2D eigenvalue weighted by Crippen LogP contribution is 2.37. The summed E-state index contributed by atoms with van der Waals surface area (Å²) in [7, 11) is 0. The maximum absolute atomic E-state index is 13.1. The fraction of sp³-hybridized carbons (Fsp3) is 0.346. The molecule has 0 bridgehead atoms. The Balaban J connectivity index is 1.54. The number of nitrogens with zero attached hydrogens (tertiary/aromatic N) is 3. The molecule has 2 aliphatic heterocycles. The van der Waals surface area contributed by atoms with Gasteiger partial charge in [0.15, 0.2) is 0 Å². The monoisotopic (exact) mass is 444 g/mol. The molecular formula is C26H28N4O3. The predicted octanol–water partition coefficient (Wildman–Crippen LogP) is 4.98. The lowest BCUT2D eigenvalue weighted by Gasteiger charge is -2.36. The fourth-order valence-corrected chi connectivity index (χ4v) is 4.51. The second kappa shape index (κ2) is 9.19. The Kier molecular flexibility index (Phi) is 5.96. The molecule has 170 valence electrons. The zero-order chi connectivity index (χ0) is 22.8. The number of allylic oxidation sites excluding steroid dienone is 1. The number of aromatic nitrogens is 2. The number of benzene rings is 2. The molecule has 33 heavy (non-hydrogen) atoms. The van der Waals surface area contributed by atoms with Gasteiger partial charge in [0.25, 0.3) is 5.89 Å². The molecule has 2 aliphatic rings. The van der Waals surface area contributed by atoms with E-state index in [-0.39, 0.29) is 18.2 Å².